The SMILES string of the molecule is O=C(Cc1ccc(Cl)cc1Cl)N1CC[C@H](O)C1. The van der Waals surface area contributed by atoms with Crippen molar-refractivity contribution in [3.05, 3.63) is 33.8 Å². The van der Waals surface area contributed by atoms with Crippen LogP contribution in [0, 0.1) is 0 Å². The Morgan fingerprint density at radius 2 is 2.24 bits per heavy atom. The highest BCUT2D eigenvalue weighted by Gasteiger charge is 2.24. The van der Waals surface area contributed by atoms with Crippen LogP contribution in [0.25, 0.3) is 0 Å². The van der Waals surface area contributed by atoms with E-state index in [1.165, 1.54) is 0 Å². The van der Waals surface area contributed by atoms with Crippen molar-refractivity contribution in [3.8, 4) is 0 Å². The summed E-state index contributed by atoms with van der Waals surface area (Å²) in [6.45, 7) is 1.04. The molecule has 0 bridgehead atoms. The van der Waals surface area contributed by atoms with Crippen LogP contribution in [0.15, 0.2) is 18.2 Å². The molecular formula is C12H13Cl2NO2. The molecule has 1 aromatic rings. The van der Waals surface area contributed by atoms with E-state index >= 15 is 0 Å². The summed E-state index contributed by atoms with van der Waals surface area (Å²) in [6, 6.07) is 5.11. The molecule has 1 saturated heterocycles. The Kier molecular flexibility index (Phi) is 3.92. The van der Waals surface area contributed by atoms with Crippen molar-refractivity contribution >= 4 is 29.1 Å². The summed E-state index contributed by atoms with van der Waals surface area (Å²) in [5.41, 5.74) is 0.766. The minimum atomic E-state index is -0.389. The fourth-order valence-electron chi connectivity index (χ4n) is 1.91. The van der Waals surface area contributed by atoms with Crippen LogP contribution < -0.4 is 0 Å². The second-order valence-corrected chi connectivity index (χ2v) is 5.04. The van der Waals surface area contributed by atoms with Gasteiger partial charge in [-0.1, -0.05) is 29.3 Å². The average molecular weight is 274 g/mol. The van der Waals surface area contributed by atoms with E-state index in [1.807, 2.05) is 0 Å². The van der Waals surface area contributed by atoms with E-state index in [-0.39, 0.29) is 18.4 Å². The van der Waals surface area contributed by atoms with Gasteiger partial charge in [-0.3, -0.25) is 4.79 Å². The molecule has 1 fully saturated rings. The number of β-amino-alcohol motifs (C(OH)–C–C–N with tert-alkyl or cyclic N) is 1. The predicted octanol–water partition coefficient (Wildman–Crippen LogP) is 2.13. The van der Waals surface area contributed by atoms with Gasteiger partial charge < -0.3 is 10.0 Å². The number of likely N-dealkylation sites (tertiary alicyclic amines) is 1. The fourth-order valence-corrected chi connectivity index (χ4v) is 2.38. The second kappa shape index (κ2) is 5.25. The average Bonchev–Trinajstić information content (AvgIpc) is 2.69. The van der Waals surface area contributed by atoms with E-state index in [4.69, 9.17) is 23.2 Å². The maximum atomic E-state index is 11.9. The Bertz CT molecular complexity index is 437. The number of carbonyl (C=O) groups is 1. The smallest absolute Gasteiger partial charge is 0.227 e. The first kappa shape index (κ1) is 12.7. The molecule has 1 atom stereocenters. The minimum absolute atomic E-state index is 0.00854. The third-order valence-electron chi connectivity index (χ3n) is 2.87. The molecular weight excluding hydrogens is 261 g/mol. The zero-order chi connectivity index (χ0) is 12.4. The van der Waals surface area contributed by atoms with Crippen molar-refractivity contribution in [1.29, 1.82) is 0 Å². The molecule has 1 aromatic carbocycles. The lowest BCUT2D eigenvalue weighted by atomic mass is 10.1. The van der Waals surface area contributed by atoms with Crippen molar-refractivity contribution in [3.63, 3.8) is 0 Å². The standard InChI is InChI=1S/C12H13Cl2NO2/c13-9-2-1-8(11(14)6-9)5-12(17)15-4-3-10(16)7-15/h1-2,6,10,16H,3-5,7H2/t10-/m0/s1. The van der Waals surface area contributed by atoms with Gasteiger partial charge in [0.2, 0.25) is 5.91 Å². The van der Waals surface area contributed by atoms with Gasteiger partial charge in [0, 0.05) is 23.1 Å². The van der Waals surface area contributed by atoms with Gasteiger partial charge in [0.25, 0.3) is 0 Å². The van der Waals surface area contributed by atoms with Crippen LogP contribution in [0.4, 0.5) is 0 Å². The lowest BCUT2D eigenvalue weighted by Crippen LogP contribution is -2.30. The Hall–Kier alpha value is -0.770. The van der Waals surface area contributed by atoms with Gasteiger partial charge >= 0.3 is 0 Å². The Morgan fingerprint density at radius 1 is 1.47 bits per heavy atom. The van der Waals surface area contributed by atoms with E-state index in [0.717, 1.165) is 5.56 Å². The van der Waals surface area contributed by atoms with Gasteiger partial charge in [-0.15, -0.1) is 0 Å². The van der Waals surface area contributed by atoms with Crippen LogP contribution in [-0.2, 0) is 11.2 Å². The molecule has 1 aliphatic rings. The van der Waals surface area contributed by atoms with Gasteiger partial charge in [-0.05, 0) is 24.1 Å². The summed E-state index contributed by atoms with van der Waals surface area (Å²) in [4.78, 5) is 13.6. The number of hydrogen-bond donors (Lipinski definition) is 1. The van der Waals surface area contributed by atoms with Gasteiger partial charge in [-0.2, -0.15) is 0 Å². The predicted molar refractivity (Wildman–Crippen MR) is 67.4 cm³/mol. The summed E-state index contributed by atoms with van der Waals surface area (Å²) in [5.74, 6) is -0.00854. The zero-order valence-electron chi connectivity index (χ0n) is 9.20. The molecule has 1 aliphatic heterocycles. The molecule has 1 amide bonds. The van der Waals surface area contributed by atoms with Crippen LogP contribution in [0.3, 0.4) is 0 Å². The molecule has 17 heavy (non-hydrogen) atoms. The van der Waals surface area contributed by atoms with Crippen molar-refractivity contribution < 1.29 is 9.90 Å². The number of hydrogen-bond acceptors (Lipinski definition) is 2. The Morgan fingerprint density at radius 3 is 2.82 bits per heavy atom. The largest absolute Gasteiger partial charge is 0.391 e. The molecule has 0 spiro atoms. The maximum absolute atomic E-state index is 11.9. The number of nitrogens with zero attached hydrogens (tertiary/aromatic N) is 1. The highest BCUT2D eigenvalue weighted by atomic mass is 35.5. The van der Waals surface area contributed by atoms with Crippen molar-refractivity contribution in [2.45, 2.75) is 18.9 Å². The molecule has 2 rings (SSSR count). The highest BCUT2D eigenvalue weighted by molar-refractivity contribution is 6.35. The summed E-state index contributed by atoms with van der Waals surface area (Å²) < 4.78 is 0. The Labute approximate surface area is 110 Å². The van der Waals surface area contributed by atoms with Gasteiger partial charge in [0.1, 0.15) is 0 Å². The number of amides is 1. The summed E-state index contributed by atoms with van der Waals surface area (Å²) in [7, 11) is 0. The van der Waals surface area contributed by atoms with E-state index in [2.05, 4.69) is 0 Å². The van der Waals surface area contributed by atoms with Crippen LogP contribution >= 0.6 is 23.2 Å². The topological polar surface area (TPSA) is 40.5 Å². The lowest BCUT2D eigenvalue weighted by molar-refractivity contribution is -0.129. The van der Waals surface area contributed by atoms with E-state index < -0.39 is 0 Å². The number of benzene rings is 1. The van der Waals surface area contributed by atoms with Crippen LogP contribution in [0.1, 0.15) is 12.0 Å². The van der Waals surface area contributed by atoms with Crippen molar-refractivity contribution in [2.75, 3.05) is 13.1 Å². The molecule has 0 saturated carbocycles. The fraction of sp³-hybridized carbons (Fsp3) is 0.417. The zero-order valence-corrected chi connectivity index (χ0v) is 10.7. The molecule has 1 N–H and O–H groups in total. The minimum Gasteiger partial charge on any atom is -0.391 e. The second-order valence-electron chi connectivity index (χ2n) is 4.19. The summed E-state index contributed by atoms with van der Waals surface area (Å²) in [5, 5.41) is 10.4. The number of aliphatic hydroxyl groups excluding tert-OH is 1. The summed E-state index contributed by atoms with van der Waals surface area (Å²) in [6.07, 6.45) is 0.516. The number of rotatable bonds is 2. The summed E-state index contributed by atoms with van der Waals surface area (Å²) >= 11 is 11.8. The van der Waals surface area contributed by atoms with Gasteiger partial charge in [0.15, 0.2) is 0 Å². The van der Waals surface area contributed by atoms with E-state index in [1.54, 1.807) is 23.1 Å². The van der Waals surface area contributed by atoms with Crippen LogP contribution in [-0.4, -0.2) is 35.1 Å². The van der Waals surface area contributed by atoms with E-state index in [0.29, 0.717) is 29.6 Å². The first-order valence-corrected chi connectivity index (χ1v) is 6.21. The molecule has 0 unspecified atom stereocenters. The Balaban J connectivity index is 2.03. The third-order valence-corrected chi connectivity index (χ3v) is 3.46. The highest BCUT2D eigenvalue weighted by Crippen LogP contribution is 2.22. The van der Waals surface area contributed by atoms with Crippen molar-refractivity contribution in [1.82, 2.24) is 4.90 Å². The molecule has 0 aliphatic carbocycles. The molecule has 92 valence electrons. The quantitative estimate of drug-likeness (QED) is 0.897. The van der Waals surface area contributed by atoms with E-state index in [9.17, 15) is 9.90 Å². The molecule has 5 heteroatoms. The first-order valence-electron chi connectivity index (χ1n) is 5.46. The number of aliphatic hydroxyl groups is 1. The van der Waals surface area contributed by atoms with Gasteiger partial charge in [-0.25, -0.2) is 0 Å². The third kappa shape index (κ3) is 3.12. The molecule has 0 aromatic heterocycles. The maximum Gasteiger partial charge on any atom is 0.227 e. The van der Waals surface area contributed by atoms with Gasteiger partial charge in [0.05, 0.1) is 12.5 Å². The molecule has 0 radical (unpaired) electrons. The monoisotopic (exact) mass is 273 g/mol. The molecule has 3 nitrogen and oxygen atoms in total. The van der Waals surface area contributed by atoms with Crippen LogP contribution in [0.5, 0.6) is 0 Å². The van der Waals surface area contributed by atoms with Crippen LogP contribution in [0.2, 0.25) is 10.0 Å². The number of carbonyl (C=O) groups excluding carboxylic acids is 1. The number of halogens is 2. The first-order chi connectivity index (χ1) is 8.06. The normalized spacial score (nSPS) is 19.7. The van der Waals surface area contributed by atoms with Crippen molar-refractivity contribution in [2.24, 2.45) is 0 Å². The lowest BCUT2D eigenvalue weighted by Gasteiger charge is -2.15. The molecule has 1 heterocycles.